The molecule has 0 aliphatic carbocycles. The Hall–Kier alpha value is -1.74. The van der Waals surface area contributed by atoms with E-state index in [0.717, 1.165) is 22.4 Å². The maximum atomic E-state index is 5.66. The Kier molecular flexibility index (Phi) is 2.74. The summed E-state index contributed by atoms with van der Waals surface area (Å²) in [7, 11) is 0. The largest absolute Gasteiger partial charge is 0.326 e. The highest BCUT2D eigenvalue weighted by molar-refractivity contribution is 5.65. The van der Waals surface area contributed by atoms with Crippen LogP contribution >= 0.6 is 0 Å². The third-order valence-corrected chi connectivity index (χ3v) is 2.35. The molecule has 0 fully saturated rings. The van der Waals surface area contributed by atoms with E-state index in [-0.39, 0.29) is 0 Å². The fourth-order valence-corrected chi connectivity index (χ4v) is 1.50. The smallest absolute Gasteiger partial charge is 0.0373 e. The van der Waals surface area contributed by atoms with Crippen molar-refractivity contribution in [2.45, 2.75) is 13.5 Å². The van der Waals surface area contributed by atoms with E-state index in [1.165, 1.54) is 0 Å². The topological polar surface area (TPSA) is 51.8 Å². The molecule has 3 nitrogen and oxygen atoms in total. The minimum absolute atomic E-state index is 0.497. The molecule has 0 saturated carbocycles. The van der Waals surface area contributed by atoms with Crippen LogP contribution in [0.1, 0.15) is 11.3 Å². The average molecular weight is 199 g/mol. The lowest BCUT2D eigenvalue weighted by Gasteiger charge is -2.06. The molecule has 2 rings (SSSR count). The Labute approximate surface area is 89.0 Å². The molecule has 0 aliphatic heterocycles. The third-order valence-electron chi connectivity index (χ3n) is 2.35. The number of nitrogens with two attached hydrogens (primary N) is 1. The third kappa shape index (κ3) is 2.02. The Morgan fingerprint density at radius 2 is 2.07 bits per heavy atom. The molecule has 2 heterocycles. The predicted octanol–water partition coefficient (Wildman–Crippen LogP) is 1.91. The number of pyridine rings is 2. The first kappa shape index (κ1) is 9.80. The number of aromatic nitrogens is 2. The van der Waals surface area contributed by atoms with Gasteiger partial charge in [-0.15, -0.1) is 0 Å². The Bertz CT molecular complexity index is 449. The van der Waals surface area contributed by atoms with Crippen molar-refractivity contribution >= 4 is 0 Å². The summed E-state index contributed by atoms with van der Waals surface area (Å²) in [5, 5.41) is 0. The zero-order valence-corrected chi connectivity index (χ0v) is 8.64. The van der Waals surface area contributed by atoms with Gasteiger partial charge in [-0.2, -0.15) is 0 Å². The summed E-state index contributed by atoms with van der Waals surface area (Å²) in [4.78, 5) is 8.33. The molecule has 2 N–H and O–H groups in total. The monoisotopic (exact) mass is 199 g/mol. The van der Waals surface area contributed by atoms with Crippen LogP contribution in [0.15, 0.2) is 36.8 Å². The molecule has 2 aromatic rings. The molecule has 0 unspecified atom stereocenters. The molecule has 0 radical (unpaired) electrons. The van der Waals surface area contributed by atoms with E-state index < -0.39 is 0 Å². The Balaban J connectivity index is 2.49. The fraction of sp³-hybridized carbons (Fsp3) is 0.167. The number of aryl methyl sites for hydroxylation is 1. The van der Waals surface area contributed by atoms with Crippen molar-refractivity contribution < 1.29 is 0 Å². The van der Waals surface area contributed by atoms with Crippen molar-refractivity contribution in [3.05, 3.63) is 48.0 Å². The van der Waals surface area contributed by atoms with Crippen LogP contribution in [-0.4, -0.2) is 9.97 Å². The average Bonchev–Trinajstić information content (AvgIpc) is 2.30. The zero-order valence-electron chi connectivity index (χ0n) is 8.64. The normalized spacial score (nSPS) is 10.3. The second-order valence-corrected chi connectivity index (χ2v) is 3.43. The van der Waals surface area contributed by atoms with Crippen LogP contribution in [0, 0.1) is 6.92 Å². The number of hydrogen-bond acceptors (Lipinski definition) is 3. The van der Waals surface area contributed by atoms with Crippen molar-refractivity contribution in [2.75, 3.05) is 0 Å². The van der Waals surface area contributed by atoms with Crippen molar-refractivity contribution in [3.63, 3.8) is 0 Å². The van der Waals surface area contributed by atoms with Gasteiger partial charge in [0, 0.05) is 36.4 Å². The number of hydrogen-bond donors (Lipinski definition) is 1. The summed E-state index contributed by atoms with van der Waals surface area (Å²) < 4.78 is 0. The molecule has 0 aliphatic rings. The number of nitrogens with zero attached hydrogens (tertiary/aromatic N) is 2. The molecule has 3 heteroatoms. The lowest BCUT2D eigenvalue weighted by atomic mass is 10.0. The molecular formula is C12H13N3. The van der Waals surface area contributed by atoms with Gasteiger partial charge in [0.1, 0.15) is 0 Å². The van der Waals surface area contributed by atoms with Crippen LogP contribution in [0.2, 0.25) is 0 Å². The summed E-state index contributed by atoms with van der Waals surface area (Å²) in [6, 6.07) is 6.02. The highest BCUT2D eigenvalue weighted by atomic mass is 14.7. The molecule has 76 valence electrons. The van der Waals surface area contributed by atoms with Crippen LogP contribution in [0.25, 0.3) is 11.1 Å². The second-order valence-electron chi connectivity index (χ2n) is 3.43. The molecule has 0 atom stereocenters. The molecule has 2 aromatic heterocycles. The van der Waals surface area contributed by atoms with Gasteiger partial charge in [-0.3, -0.25) is 9.97 Å². The predicted molar refractivity (Wildman–Crippen MR) is 60.1 cm³/mol. The molecule has 0 aromatic carbocycles. The van der Waals surface area contributed by atoms with E-state index in [9.17, 15) is 0 Å². The molecular weight excluding hydrogens is 186 g/mol. The van der Waals surface area contributed by atoms with Gasteiger partial charge in [-0.25, -0.2) is 0 Å². The quantitative estimate of drug-likeness (QED) is 0.803. The Morgan fingerprint density at radius 3 is 2.73 bits per heavy atom. The van der Waals surface area contributed by atoms with E-state index in [2.05, 4.69) is 16.0 Å². The van der Waals surface area contributed by atoms with Crippen molar-refractivity contribution in [1.29, 1.82) is 0 Å². The van der Waals surface area contributed by atoms with Crippen LogP contribution in [0.3, 0.4) is 0 Å². The van der Waals surface area contributed by atoms with Gasteiger partial charge in [0.2, 0.25) is 0 Å². The molecule has 0 bridgehead atoms. The molecule has 0 saturated heterocycles. The van der Waals surface area contributed by atoms with E-state index in [0.29, 0.717) is 6.54 Å². The summed E-state index contributed by atoms with van der Waals surface area (Å²) in [6.45, 7) is 2.47. The van der Waals surface area contributed by atoms with E-state index >= 15 is 0 Å². The molecule has 0 amide bonds. The van der Waals surface area contributed by atoms with Gasteiger partial charge >= 0.3 is 0 Å². The summed E-state index contributed by atoms with van der Waals surface area (Å²) in [6.07, 6.45) is 5.44. The van der Waals surface area contributed by atoms with Gasteiger partial charge in [0.25, 0.3) is 0 Å². The summed E-state index contributed by atoms with van der Waals surface area (Å²) >= 11 is 0. The lowest BCUT2D eigenvalue weighted by Crippen LogP contribution is -1.99. The van der Waals surface area contributed by atoms with Gasteiger partial charge in [-0.1, -0.05) is 6.07 Å². The van der Waals surface area contributed by atoms with E-state index in [1.54, 1.807) is 12.4 Å². The highest BCUT2D eigenvalue weighted by Gasteiger charge is 2.03. The molecule has 0 spiro atoms. The summed E-state index contributed by atoms with van der Waals surface area (Å²) in [5.41, 5.74) is 9.92. The van der Waals surface area contributed by atoms with E-state index in [4.69, 9.17) is 5.73 Å². The Morgan fingerprint density at radius 1 is 1.20 bits per heavy atom. The maximum absolute atomic E-state index is 5.66. The minimum atomic E-state index is 0.497. The first-order chi connectivity index (χ1) is 7.31. The van der Waals surface area contributed by atoms with Gasteiger partial charge < -0.3 is 5.73 Å². The minimum Gasteiger partial charge on any atom is -0.326 e. The highest BCUT2D eigenvalue weighted by Crippen LogP contribution is 2.21. The van der Waals surface area contributed by atoms with Crippen LogP contribution in [0.5, 0.6) is 0 Å². The maximum Gasteiger partial charge on any atom is 0.0373 e. The van der Waals surface area contributed by atoms with Gasteiger partial charge in [0.15, 0.2) is 0 Å². The SMILES string of the molecule is Cc1ccc(-c2ccncc2CN)cn1. The van der Waals surface area contributed by atoms with Crippen LogP contribution in [-0.2, 0) is 6.54 Å². The van der Waals surface area contributed by atoms with Crippen LogP contribution in [0.4, 0.5) is 0 Å². The first-order valence-electron chi connectivity index (χ1n) is 4.87. The van der Waals surface area contributed by atoms with Crippen molar-refractivity contribution in [2.24, 2.45) is 5.73 Å². The zero-order chi connectivity index (χ0) is 10.7. The van der Waals surface area contributed by atoms with Gasteiger partial charge in [-0.05, 0) is 30.2 Å². The standard InChI is InChI=1S/C12H13N3/c1-9-2-3-10(8-15-9)12-4-5-14-7-11(12)6-13/h2-5,7-8H,6,13H2,1H3. The first-order valence-corrected chi connectivity index (χ1v) is 4.87. The van der Waals surface area contributed by atoms with Gasteiger partial charge in [0.05, 0.1) is 0 Å². The van der Waals surface area contributed by atoms with Crippen molar-refractivity contribution in [3.8, 4) is 11.1 Å². The summed E-state index contributed by atoms with van der Waals surface area (Å²) in [5.74, 6) is 0. The fourth-order valence-electron chi connectivity index (χ4n) is 1.50. The molecule has 15 heavy (non-hydrogen) atoms. The van der Waals surface area contributed by atoms with E-state index in [1.807, 2.05) is 25.3 Å². The van der Waals surface area contributed by atoms with Crippen LogP contribution < -0.4 is 5.73 Å². The number of rotatable bonds is 2. The van der Waals surface area contributed by atoms with Crippen molar-refractivity contribution in [1.82, 2.24) is 9.97 Å². The lowest BCUT2D eigenvalue weighted by molar-refractivity contribution is 1.05. The second kappa shape index (κ2) is 4.19.